The quantitative estimate of drug-likeness (QED) is 0.794. The summed E-state index contributed by atoms with van der Waals surface area (Å²) in [5.74, 6) is 0.812. The first-order valence-electron chi connectivity index (χ1n) is 7.60. The van der Waals surface area contributed by atoms with Crippen molar-refractivity contribution in [2.24, 2.45) is 0 Å². The summed E-state index contributed by atoms with van der Waals surface area (Å²) in [6, 6.07) is 5.89. The van der Waals surface area contributed by atoms with Gasteiger partial charge in [-0.25, -0.2) is 4.79 Å². The Morgan fingerprint density at radius 1 is 1.23 bits per heavy atom. The van der Waals surface area contributed by atoms with Crippen molar-refractivity contribution in [3.05, 3.63) is 29.3 Å². The van der Waals surface area contributed by atoms with E-state index in [1.54, 1.807) is 0 Å². The molecule has 22 heavy (non-hydrogen) atoms. The van der Waals surface area contributed by atoms with Gasteiger partial charge in [0.15, 0.2) is 6.73 Å². The highest BCUT2D eigenvalue weighted by molar-refractivity contribution is 5.73. The average molecular weight is 307 g/mol. The Morgan fingerprint density at radius 2 is 1.91 bits per heavy atom. The number of ether oxygens (including phenoxy) is 1. The van der Waals surface area contributed by atoms with Crippen LogP contribution in [-0.2, 0) is 5.41 Å². The summed E-state index contributed by atoms with van der Waals surface area (Å²) in [5.41, 5.74) is 2.34. The van der Waals surface area contributed by atoms with Gasteiger partial charge in [-0.3, -0.25) is 0 Å². The van der Waals surface area contributed by atoms with Crippen LogP contribution in [0.1, 0.15) is 31.9 Å². The van der Waals surface area contributed by atoms with Crippen LogP contribution in [0.4, 0.5) is 4.79 Å². The number of nitrogens with one attached hydrogen (secondary N) is 2. The van der Waals surface area contributed by atoms with E-state index in [1.807, 2.05) is 31.1 Å². The molecule has 0 unspecified atom stereocenters. The molecule has 0 aliphatic carbocycles. The second-order valence-electron chi connectivity index (χ2n) is 6.77. The average Bonchev–Trinajstić information content (AvgIpc) is 2.39. The standard InChI is InChI=1S/C17H29N3O2/c1-13-7-8-15(14(11-13)17(2,3)4)22-12-19-16(21)18-9-10-20(5)6/h7-8,11H,9-10,12H2,1-6H3,(H2,18,19,21). The van der Waals surface area contributed by atoms with Crippen LogP contribution >= 0.6 is 0 Å². The molecule has 0 spiro atoms. The molecule has 0 bridgehead atoms. The first-order valence-corrected chi connectivity index (χ1v) is 7.60. The van der Waals surface area contributed by atoms with Crippen LogP contribution < -0.4 is 15.4 Å². The van der Waals surface area contributed by atoms with Crippen molar-refractivity contribution >= 4 is 6.03 Å². The zero-order valence-electron chi connectivity index (χ0n) is 14.6. The van der Waals surface area contributed by atoms with Crippen molar-refractivity contribution < 1.29 is 9.53 Å². The van der Waals surface area contributed by atoms with E-state index in [2.05, 4.69) is 44.4 Å². The highest BCUT2D eigenvalue weighted by Crippen LogP contribution is 2.31. The molecule has 0 radical (unpaired) electrons. The van der Waals surface area contributed by atoms with E-state index in [1.165, 1.54) is 5.56 Å². The second kappa shape index (κ2) is 8.03. The molecule has 0 aromatic heterocycles. The molecule has 1 aromatic carbocycles. The summed E-state index contributed by atoms with van der Waals surface area (Å²) in [7, 11) is 3.93. The van der Waals surface area contributed by atoms with Crippen LogP contribution in [0, 0.1) is 6.92 Å². The number of likely N-dealkylation sites (N-methyl/N-ethyl adjacent to an activating group) is 1. The first kappa shape index (κ1) is 18.3. The monoisotopic (exact) mass is 307 g/mol. The number of nitrogens with zero attached hydrogens (tertiary/aromatic N) is 1. The maximum absolute atomic E-state index is 11.6. The number of urea groups is 1. The van der Waals surface area contributed by atoms with Crippen molar-refractivity contribution in [1.82, 2.24) is 15.5 Å². The lowest BCUT2D eigenvalue weighted by molar-refractivity contribution is 0.222. The third kappa shape index (κ3) is 6.35. The van der Waals surface area contributed by atoms with Crippen molar-refractivity contribution in [1.29, 1.82) is 0 Å². The summed E-state index contributed by atoms with van der Waals surface area (Å²) < 4.78 is 5.73. The first-order chi connectivity index (χ1) is 10.2. The molecule has 0 aliphatic rings. The van der Waals surface area contributed by atoms with Crippen molar-refractivity contribution in [3.63, 3.8) is 0 Å². The molecule has 0 saturated heterocycles. The molecule has 0 aliphatic heterocycles. The van der Waals surface area contributed by atoms with Gasteiger partial charge in [0.1, 0.15) is 5.75 Å². The second-order valence-corrected chi connectivity index (χ2v) is 6.77. The lowest BCUT2D eigenvalue weighted by atomic mass is 9.85. The maximum atomic E-state index is 11.6. The molecular weight excluding hydrogens is 278 g/mol. The fraction of sp³-hybridized carbons (Fsp3) is 0.588. The van der Waals surface area contributed by atoms with Crippen LogP contribution in [0.2, 0.25) is 0 Å². The van der Waals surface area contributed by atoms with Gasteiger partial charge in [-0.05, 0) is 38.1 Å². The Balaban J connectivity index is 2.50. The summed E-state index contributed by atoms with van der Waals surface area (Å²) >= 11 is 0. The van der Waals surface area contributed by atoms with Gasteiger partial charge in [0.05, 0.1) is 0 Å². The third-order valence-corrected chi connectivity index (χ3v) is 3.25. The Morgan fingerprint density at radius 3 is 2.50 bits per heavy atom. The van der Waals surface area contributed by atoms with Gasteiger partial charge in [-0.2, -0.15) is 0 Å². The fourth-order valence-corrected chi connectivity index (χ4v) is 1.99. The predicted octanol–water partition coefficient (Wildman–Crippen LogP) is 2.49. The SMILES string of the molecule is Cc1ccc(OCNC(=O)NCCN(C)C)c(C(C)(C)C)c1. The van der Waals surface area contributed by atoms with E-state index in [0.717, 1.165) is 17.9 Å². The number of rotatable bonds is 6. The summed E-state index contributed by atoms with van der Waals surface area (Å²) in [6.45, 7) is 10.1. The number of carbonyl (C=O) groups excluding carboxylic acids is 1. The number of amides is 2. The molecule has 0 saturated carbocycles. The minimum atomic E-state index is -0.216. The molecule has 1 aromatic rings. The van der Waals surface area contributed by atoms with Gasteiger partial charge < -0.3 is 20.3 Å². The van der Waals surface area contributed by atoms with Gasteiger partial charge in [-0.1, -0.05) is 38.5 Å². The Kier molecular flexibility index (Phi) is 6.68. The lowest BCUT2D eigenvalue weighted by Crippen LogP contribution is -2.40. The summed E-state index contributed by atoms with van der Waals surface area (Å²) in [4.78, 5) is 13.6. The largest absolute Gasteiger partial charge is 0.473 e. The molecule has 5 heteroatoms. The van der Waals surface area contributed by atoms with Crippen LogP contribution in [0.5, 0.6) is 5.75 Å². The Bertz CT molecular complexity index is 493. The van der Waals surface area contributed by atoms with Crippen LogP contribution in [0.25, 0.3) is 0 Å². The van der Waals surface area contributed by atoms with Crippen molar-refractivity contribution in [2.45, 2.75) is 33.1 Å². The Hall–Kier alpha value is -1.75. The molecule has 1 rings (SSSR count). The van der Waals surface area contributed by atoms with E-state index in [-0.39, 0.29) is 18.2 Å². The molecule has 2 amide bonds. The molecule has 124 valence electrons. The molecule has 0 heterocycles. The smallest absolute Gasteiger partial charge is 0.317 e. The van der Waals surface area contributed by atoms with Crippen molar-refractivity contribution in [3.8, 4) is 5.75 Å². The number of hydrogen-bond acceptors (Lipinski definition) is 3. The Labute approximate surface area is 134 Å². The normalized spacial score (nSPS) is 11.4. The van der Waals surface area contributed by atoms with Crippen molar-refractivity contribution in [2.75, 3.05) is 33.9 Å². The molecule has 2 N–H and O–H groups in total. The topological polar surface area (TPSA) is 53.6 Å². The van der Waals surface area contributed by atoms with E-state index in [9.17, 15) is 4.79 Å². The number of hydrogen-bond donors (Lipinski definition) is 2. The zero-order chi connectivity index (χ0) is 16.8. The van der Waals surface area contributed by atoms with E-state index >= 15 is 0 Å². The summed E-state index contributed by atoms with van der Waals surface area (Å²) in [5, 5.41) is 5.49. The molecule has 0 fully saturated rings. The van der Waals surface area contributed by atoms with Gasteiger partial charge in [0.2, 0.25) is 0 Å². The van der Waals surface area contributed by atoms with Gasteiger partial charge in [0.25, 0.3) is 0 Å². The number of carbonyl (C=O) groups is 1. The van der Waals surface area contributed by atoms with Crippen LogP contribution in [0.3, 0.4) is 0 Å². The predicted molar refractivity (Wildman–Crippen MR) is 90.5 cm³/mol. The van der Waals surface area contributed by atoms with Gasteiger partial charge in [-0.15, -0.1) is 0 Å². The van der Waals surface area contributed by atoms with Gasteiger partial charge >= 0.3 is 6.03 Å². The maximum Gasteiger partial charge on any atom is 0.317 e. The third-order valence-electron chi connectivity index (χ3n) is 3.25. The highest BCUT2D eigenvalue weighted by atomic mass is 16.5. The minimum absolute atomic E-state index is 0.00464. The van der Waals surface area contributed by atoms with Gasteiger partial charge in [0, 0.05) is 13.1 Å². The minimum Gasteiger partial charge on any atom is -0.473 e. The number of aryl methyl sites for hydroxylation is 1. The lowest BCUT2D eigenvalue weighted by Gasteiger charge is -2.23. The highest BCUT2D eigenvalue weighted by Gasteiger charge is 2.19. The van der Waals surface area contributed by atoms with E-state index < -0.39 is 0 Å². The van der Waals surface area contributed by atoms with E-state index in [0.29, 0.717) is 6.54 Å². The number of benzene rings is 1. The fourth-order valence-electron chi connectivity index (χ4n) is 1.99. The van der Waals surface area contributed by atoms with E-state index in [4.69, 9.17) is 4.74 Å². The molecule has 0 atom stereocenters. The van der Waals surface area contributed by atoms with Crippen LogP contribution in [0.15, 0.2) is 18.2 Å². The summed E-state index contributed by atoms with van der Waals surface area (Å²) in [6.07, 6.45) is 0. The zero-order valence-corrected chi connectivity index (χ0v) is 14.6. The van der Waals surface area contributed by atoms with Crippen LogP contribution in [-0.4, -0.2) is 44.8 Å². The molecular formula is C17H29N3O2. The molecule has 5 nitrogen and oxygen atoms in total.